The number of rotatable bonds is 4. The Balaban J connectivity index is 2.09. The third-order valence-corrected chi connectivity index (χ3v) is 3.16. The van der Waals surface area contributed by atoms with Gasteiger partial charge >= 0.3 is 0 Å². The van der Waals surface area contributed by atoms with E-state index < -0.39 is 5.82 Å². The number of aliphatic hydroxyl groups is 1. The maximum Gasteiger partial charge on any atom is 0.239 e. The van der Waals surface area contributed by atoms with Gasteiger partial charge in [0.25, 0.3) is 0 Å². The molecule has 0 aliphatic carbocycles. The van der Waals surface area contributed by atoms with Gasteiger partial charge in [0.2, 0.25) is 5.95 Å². The second kappa shape index (κ2) is 6.60. The standard InChI is InChI=1S/C11H19FN6O/c12-9-8-14-11(16-13)15-10(9)18-3-1-2-17(4-5-18)6-7-19/h8,19H,1-7,13H2,(H,14,15,16). The molecule has 0 aromatic carbocycles. The summed E-state index contributed by atoms with van der Waals surface area (Å²) >= 11 is 0. The summed E-state index contributed by atoms with van der Waals surface area (Å²) in [5.41, 5.74) is 2.32. The molecule has 19 heavy (non-hydrogen) atoms. The fraction of sp³-hybridized carbons (Fsp3) is 0.636. The number of β-amino-alcohol motifs (C(OH)–C–C–N with tert-alkyl or cyclic N) is 1. The quantitative estimate of drug-likeness (QED) is 0.497. The summed E-state index contributed by atoms with van der Waals surface area (Å²) in [6.07, 6.45) is 2.02. The third kappa shape index (κ3) is 3.49. The summed E-state index contributed by atoms with van der Waals surface area (Å²) in [4.78, 5) is 11.8. The molecule has 0 unspecified atom stereocenters. The molecule has 0 bridgehead atoms. The molecule has 7 nitrogen and oxygen atoms in total. The Hall–Kier alpha value is -1.51. The topological polar surface area (TPSA) is 90.5 Å². The fourth-order valence-electron chi connectivity index (χ4n) is 2.20. The van der Waals surface area contributed by atoms with Crippen molar-refractivity contribution in [2.75, 3.05) is 49.7 Å². The van der Waals surface area contributed by atoms with Crippen LogP contribution in [0.1, 0.15) is 6.42 Å². The van der Waals surface area contributed by atoms with Crippen molar-refractivity contribution < 1.29 is 9.50 Å². The molecule has 1 saturated heterocycles. The number of hydrogen-bond donors (Lipinski definition) is 3. The van der Waals surface area contributed by atoms with Gasteiger partial charge in [-0.15, -0.1) is 0 Å². The molecule has 0 amide bonds. The van der Waals surface area contributed by atoms with Crippen molar-refractivity contribution >= 4 is 11.8 Å². The highest BCUT2D eigenvalue weighted by atomic mass is 19.1. The zero-order chi connectivity index (χ0) is 13.7. The van der Waals surface area contributed by atoms with Crippen LogP contribution in [0.5, 0.6) is 0 Å². The van der Waals surface area contributed by atoms with Crippen molar-refractivity contribution in [1.82, 2.24) is 14.9 Å². The van der Waals surface area contributed by atoms with Crippen LogP contribution in [-0.2, 0) is 0 Å². The lowest BCUT2D eigenvalue weighted by atomic mass is 10.3. The van der Waals surface area contributed by atoms with E-state index in [-0.39, 0.29) is 18.4 Å². The lowest BCUT2D eigenvalue weighted by Crippen LogP contribution is -2.33. The predicted molar refractivity (Wildman–Crippen MR) is 70.2 cm³/mol. The Morgan fingerprint density at radius 2 is 2.21 bits per heavy atom. The summed E-state index contributed by atoms with van der Waals surface area (Å²) < 4.78 is 13.8. The van der Waals surface area contributed by atoms with E-state index in [0.29, 0.717) is 13.1 Å². The number of hydrazine groups is 1. The average molecular weight is 270 g/mol. The van der Waals surface area contributed by atoms with E-state index in [1.807, 2.05) is 4.90 Å². The molecule has 8 heteroatoms. The first-order valence-corrected chi connectivity index (χ1v) is 6.32. The molecule has 0 atom stereocenters. The van der Waals surface area contributed by atoms with Gasteiger partial charge in [-0.25, -0.2) is 15.2 Å². The molecule has 0 radical (unpaired) electrons. The number of aromatic nitrogens is 2. The van der Waals surface area contributed by atoms with Gasteiger partial charge in [0, 0.05) is 26.2 Å². The van der Waals surface area contributed by atoms with Crippen LogP contribution in [-0.4, -0.2) is 59.3 Å². The van der Waals surface area contributed by atoms with Crippen LogP contribution in [0.2, 0.25) is 0 Å². The molecule has 2 rings (SSSR count). The van der Waals surface area contributed by atoms with Gasteiger partial charge in [-0.1, -0.05) is 0 Å². The Kier molecular flexibility index (Phi) is 4.83. The van der Waals surface area contributed by atoms with Gasteiger partial charge in [0.15, 0.2) is 11.6 Å². The van der Waals surface area contributed by atoms with Gasteiger partial charge in [-0.2, -0.15) is 4.98 Å². The van der Waals surface area contributed by atoms with Crippen molar-refractivity contribution in [3.05, 3.63) is 12.0 Å². The highest BCUT2D eigenvalue weighted by Crippen LogP contribution is 2.18. The third-order valence-electron chi connectivity index (χ3n) is 3.16. The summed E-state index contributed by atoms with van der Waals surface area (Å²) in [7, 11) is 0. The number of nitrogens with two attached hydrogens (primary N) is 1. The minimum atomic E-state index is -0.449. The fourth-order valence-corrected chi connectivity index (χ4v) is 2.20. The lowest BCUT2D eigenvalue weighted by Gasteiger charge is -2.22. The monoisotopic (exact) mass is 270 g/mol. The number of halogens is 1. The Morgan fingerprint density at radius 3 is 2.95 bits per heavy atom. The van der Waals surface area contributed by atoms with E-state index in [0.717, 1.165) is 32.3 Å². The first kappa shape index (κ1) is 13.9. The minimum Gasteiger partial charge on any atom is -0.395 e. The van der Waals surface area contributed by atoms with Crippen molar-refractivity contribution in [2.45, 2.75) is 6.42 Å². The van der Waals surface area contributed by atoms with E-state index in [9.17, 15) is 4.39 Å². The number of nitrogens with one attached hydrogen (secondary N) is 1. The predicted octanol–water partition coefficient (Wildman–Crippen LogP) is -0.594. The molecule has 0 saturated carbocycles. The van der Waals surface area contributed by atoms with Crippen LogP contribution in [0.15, 0.2) is 6.20 Å². The highest BCUT2D eigenvalue weighted by molar-refractivity contribution is 5.43. The Labute approximate surface area is 111 Å². The van der Waals surface area contributed by atoms with Gasteiger partial charge in [-0.05, 0) is 13.0 Å². The molecule has 1 aromatic heterocycles. The van der Waals surface area contributed by atoms with Crippen molar-refractivity contribution in [1.29, 1.82) is 0 Å². The summed E-state index contributed by atoms with van der Waals surface area (Å²) in [5.74, 6) is 5.26. The molecule has 1 aromatic rings. The summed E-state index contributed by atoms with van der Waals surface area (Å²) in [6.45, 7) is 3.85. The van der Waals surface area contributed by atoms with Crippen LogP contribution in [0.4, 0.5) is 16.2 Å². The minimum absolute atomic E-state index is 0.142. The Morgan fingerprint density at radius 1 is 1.37 bits per heavy atom. The van der Waals surface area contributed by atoms with Crippen LogP contribution in [0, 0.1) is 5.82 Å². The lowest BCUT2D eigenvalue weighted by molar-refractivity contribution is 0.204. The second-order valence-electron chi connectivity index (χ2n) is 4.42. The number of nitrogens with zero attached hydrogens (tertiary/aromatic N) is 4. The van der Waals surface area contributed by atoms with Crippen LogP contribution >= 0.6 is 0 Å². The van der Waals surface area contributed by atoms with Crippen LogP contribution in [0.25, 0.3) is 0 Å². The Bertz CT molecular complexity index is 418. The van der Waals surface area contributed by atoms with Crippen molar-refractivity contribution in [3.63, 3.8) is 0 Å². The van der Waals surface area contributed by atoms with Gasteiger partial charge in [-0.3, -0.25) is 10.3 Å². The number of aliphatic hydroxyl groups excluding tert-OH is 1. The normalized spacial score (nSPS) is 17.3. The largest absolute Gasteiger partial charge is 0.395 e. The summed E-state index contributed by atoms with van der Waals surface area (Å²) in [6, 6.07) is 0. The molecule has 106 valence electrons. The van der Waals surface area contributed by atoms with E-state index in [1.165, 1.54) is 0 Å². The van der Waals surface area contributed by atoms with Gasteiger partial charge in [0.05, 0.1) is 12.8 Å². The molecule has 0 spiro atoms. The van der Waals surface area contributed by atoms with Gasteiger partial charge < -0.3 is 10.0 Å². The first-order chi connectivity index (χ1) is 9.24. The van der Waals surface area contributed by atoms with Gasteiger partial charge in [0.1, 0.15) is 0 Å². The first-order valence-electron chi connectivity index (χ1n) is 6.32. The van der Waals surface area contributed by atoms with Crippen molar-refractivity contribution in [2.24, 2.45) is 5.84 Å². The number of hydrogen-bond acceptors (Lipinski definition) is 7. The van der Waals surface area contributed by atoms with E-state index in [4.69, 9.17) is 10.9 Å². The number of nitrogen functional groups attached to an aromatic ring is 1. The van der Waals surface area contributed by atoms with E-state index >= 15 is 0 Å². The molecule has 2 heterocycles. The zero-order valence-electron chi connectivity index (χ0n) is 10.7. The SMILES string of the molecule is NNc1ncc(F)c(N2CCCN(CCO)CC2)n1. The maximum atomic E-state index is 13.8. The second-order valence-corrected chi connectivity index (χ2v) is 4.42. The molecule has 1 aliphatic heterocycles. The zero-order valence-corrected chi connectivity index (χ0v) is 10.7. The molecular formula is C11H19FN6O. The molecule has 1 aliphatic rings. The maximum absolute atomic E-state index is 13.8. The van der Waals surface area contributed by atoms with E-state index in [1.54, 1.807) is 0 Å². The van der Waals surface area contributed by atoms with Crippen LogP contribution < -0.4 is 16.2 Å². The molecule has 4 N–H and O–H groups in total. The summed E-state index contributed by atoms with van der Waals surface area (Å²) in [5, 5.41) is 8.95. The van der Waals surface area contributed by atoms with E-state index in [2.05, 4.69) is 20.3 Å². The smallest absolute Gasteiger partial charge is 0.239 e. The highest BCUT2D eigenvalue weighted by Gasteiger charge is 2.19. The van der Waals surface area contributed by atoms with Crippen LogP contribution in [0.3, 0.4) is 0 Å². The molecule has 1 fully saturated rings. The number of anilines is 2. The average Bonchev–Trinajstić information content (AvgIpc) is 2.65. The molecular weight excluding hydrogens is 251 g/mol. The van der Waals surface area contributed by atoms with Crippen molar-refractivity contribution in [3.8, 4) is 0 Å².